The fourth-order valence-corrected chi connectivity index (χ4v) is 6.35. The highest BCUT2D eigenvalue weighted by molar-refractivity contribution is 6.36. The SMILES string of the molecule is C=C(F)C(=O)N1CCN(c2nc(OC3CN(C)C3)nc3c2CCN(c2cccc4ccc(F)c(Cl)c24)C3)C[C@@H]1CC#N. The Kier molecular flexibility index (Phi) is 7.60. The summed E-state index contributed by atoms with van der Waals surface area (Å²) in [6.45, 7) is 6.66. The van der Waals surface area contributed by atoms with Gasteiger partial charge < -0.3 is 19.4 Å². The lowest BCUT2D eigenvalue weighted by Gasteiger charge is -2.42. The van der Waals surface area contributed by atoms with Crippen molar-refractivity contribution in [2.24, 2.45) is 0 Å². The van der Waals surface area contributed by atoms with Crippen molar-refractivity contribution < 1.29 is 18.3 Å². The van der Waals surface area contributed by atoms with Crippen molar-refractivity contribution in [3.05, 3.63) is 64.8 Å². The molecule has 0 unspecified atom stereocenters. The highest BCUT2D eigenvalue weighted by Crippen LogP contribution is 2.38. The fraction of sp³-hybridized carbons (Fsp3) is 0.400. The smallest absolute Gasteiger partial charge is 0.319 e. The Labute approximate surface area is 247 Å². The number of fused-ring (bicyclic) bond motifs is 2. The Hall–Kier alpha value is -4.01. The number of carbonyl (C=O) groups is 1. The van der Waals surface area contributed by atoms with Crippen LogP contribution in [-0.4, -0.2) is 84.1 Å². The van der Waals surface area contributed by atoms with Crippen LogP contribution in [0.25, 0.3) is 10.8 Å². The lowest BCUT2D eigenvalue weighted by Crippen LogP contribution is -2.56. The summed E-state index contributed by atoms with van der Waals surface area (Å²) < 4.78 is 34.4. The molecule has 3 aliphatic heterocycles. The van der Waals surface area contributed by atoms with Crippen molar-refractivity contribution in [1.82, 2.24) is 19.8 Å². The molecule has 9 nitrogen and oxygen atoms in total. The first-order valence-corrected chi connectivity index (χ1v) is 14.2. The molecule has 0 radical (unpaired) electrons. The average Bonchev–Trinajstić information content (AvgIpc) is 2.97. The summed E-state index contributed by atoms with van der Waals surface area (Å²) in [4.78, 5) is 29.8. The number of aromatic nitrogens is 2. The van der Waals surface area contributed by atoms with Crippen molar-refractivity contribution >= 4 is 39.8 Å². The number of likely N-dealkylation sites (N-methyl/N-ethyl adjacent to an activating group) is 1. The van der Waals surface area contributed by atoms with Crippen LogP contribution in [0.1, 0.15) is 17.7 Å². The number of nitriles is 1. The molecule has 3 aromatic rings. The van der Waals surface area contributed by atoms with E-state index in [1.165, 1.54) is 11.0 Å². The van der Waals surface area contributed by atoms with Crippen molar-refractivity contribution in [1.29, 1.82) is 5.26 Å². The Bertz CT molecular complexity index is 1610. The van der Waals surface area contributed by atoms with Crippen LogP contribution in [0, 0.1) is 17.1 Å². The number of hydrogen-bond donors (Lipinski definition) is 0. The Balaban J connectivity index is 1.35. The number of likely N-dealkylation sites (tertiary alicyclic amines) is 1. The first kappa shape index (κ1) is 28.1. The maximum atomic E-state index is 14.5. The van der Waals surface area contributed by atoms with E-state index in [0.29, 0.717) is 43.8 Å². The molecule has 2 fully saturated rings. The van der Waals surface area contributed by atoms with Gasteiger partial charge in [0.1, 0.15) is 17.7 Å². The zero-order chi connectivity index (χ0) is 29.5. The van der Waals surface area contributed by atoms with Gasteiger partial charge in [-0.2, -0.15) is 15.2 Å². The zero-order valence-corrected chi connectivity index (χ0v) is 23.9. The zero-order valence-electron chi connectivity index (χ0n) is 23.2. The van der Waals surface area contributed by atoms with Gasteiger partial charge in [-0.25, -0.2) is 8.78 Å². The molecule has 218 valence electrons. The van der Waals surface area contributed by atoms with E-state index in [9.17, 15) is 18.8 Å². The second-order valence-corrected chi connectivity index (χ2v) is 11.4. The summed E-state index contributed by atoms with van der Waals surface area (Å²) in [7, 11) is 2.01. The molecular weight excluding hydrogens is 564 g/mol. The highest BCUT2D eigenvalue weighted by atomic mass is 35.5. The third-order valence-corrected chi connectivity index (χ3v) is 8.55. The van der Waals surface area contributed by atoms with Crippen LogP contribution in [0.4, 0.5) is 20.3 Å². The molecule has 3 aliphatic rings. The van der Waals surface area contributed by atoms with Crippen LogP contribution in [0.15, 0.2) is 42.7 Å². The lowest BCUT2D eigenvalue weighted by atomic mass is 10.0. The fourth-order valence-electron chi connectivity index (χ4n) is 6.08. The quantitative estimate of drug-likeness (QED) is 0.395. The number of amides is 1. The van der Waals surface area contributed by atoms with Gasteiger partial charge in [-0.3, -0.25) is 9.69 Å². The average molecular weight is 594 g/mol. The Morgan fingerprint density at radius 3 is 2.71 bits per heavy atom. The molecule has 0 N–H and O–H groups in total. The molecule has 4 heterocycles. The minimum absolute atomic E-state index is 0.0307. The summed E-state index contributed by atoms with van der Waals surface area (Å²) >= 11 is 6.45. The summed E-state index contributed by atoms with van der Waals surface area (Å²) in [5.74, 6) is -1.61. The predicted molar refractivity (Wildman–Crippen MR) is 156 cm³/mol. The number of halogens is 3. The van der Waals surface area contributed by atoms with E-state index >= 15 is 0 Å². The number of nitrogens with zero attached hydrogens (tertiary/aromatic N) is 7. The molecule has 1 amide bonds. The van der Waals surface area contributed by atoms with Gasteiger partial charge in [-0.15, -0.1) is 0 Å². The van der Waals surface area contributed by atoms with Gasteiger partial charge in [0.25, 0.3) is 5.91 Å². The third kappa shape index (κ3) is 5.21. The van der Waals surface area contributed by atoms with E-state index in [-0.39, 0.29) is 30.1 Å². The topological polar surface area (TPSA) is 88.8 Å². The molecule has 0 aliphatic carbocycles. The molecular formula is C30H30ClF2N7O2. The Morgan fingerprint density at radius 1 is 1.17 bits per heavy atom. The normalized spacial score (nSPS) is 19.3. The monoisotopic (exact) mass is 593 g/mol. The van der Waals surface area contributed by atoms with Crippen molar-refractivity contribution in [3.8, 4) is 12.1 Å². The number of piperazine rings is 1. The molecule has 6 rings (SSSR count). The first-order chi connectivity index (χ1) is 20.2. The van der Waals surface area contributed by atoms with E-state index in [1.807, 2.05) is 30.1 Å². The first-order valence-electron chi connectivity index (χ1n) is 13.9. The van der Waals surface area contributed by atoms with E-state index in [0.717, 1.165) is 35.4 Å². The molecule has 0 spiro atoms. The highest BCUT2D eigenvalue weighted by Gasteiger charge is 2.35. The van der Waals surface area contributed by atoms with Crippen LogP contribution in [0.5, 0.6) is 6.01 Å². The summed E-state index contributed by atoms with van der Waals surface area (Å²) in [5, 5.41) is 11.0. The molecule has 1 atom stereocenters. The van der Waals surface area contributed by atoms with Crippen LogP contribution in [-0.2, 0) is 17.8 Å². The predicted octanol–water partition coefficient (Wildman–Crippen LogP) is 4.09. The van der Waals surface area contributed by atoms with Gasteiger partial charge in [0.2, 0.25) is 0 Å². The van der Waals surface area contributed by atoms with Crippen molar-refractivity contribution in [2.45, 2.75) is 31.5 Å². The minimum Gasteiger partial charge on any atom is -0.457 e. The van der Waals surface area contributed by atoms with Gasteiger partial charge in [-0.1, -0.05) is 36.4 Å². The molecule has 1 aromatic heterocycles. The van der Waals surface area contributed by atoms with Crippen LogP contribution in [0.3, 0.4) is 0 Å². The second kappa shape index (κ2) is 11.3. The van der Waals surface area contributed by atoms with E-state index in [4.69, 9.17) is 26.3 Å². The number of hydrogen-bond acceptors (Lipinski definition) is 8. The number of ether oxygens (including phenoxy) is 1. The summed E-state index contributed by atoms with van der Waals surface area (Å²) in [5.41, 5.74) is 2.55. The van der Waals surface area contributed by atoms with Crippen LogP contribution >= 0.6 is 11.6 Å². The number of benzene rings is 2. The van der Waals surface area contributed by atoms with Gasteiger partial charge in [0, 0.05) is 55.9 Å². The molecule has 2 aromatic carbocycles. The van der Waals surface area contributed by atoms with Crippen molar-refractivity contribution in [2.75, 3.05) is 56.1 Å². The Morgan fingerprint density at radius 2 is 1.98 bits per heavy atom. The van der Waals surface area contributed by atoms with E-state index in [1.54, 1.807) is 6.07 Å². The molecule has 0 bridgehead atoms. The number of carbonyl (C=O) groups excluding carboxylic acids is 1. The van der Waals surface area contributed by atoms with E-state index in [2.05, 4.69) is 22.4 Å². The maximum Gasteiger partial charge on any atom is 0.319 e. The standard InChI is InChI=1S/C30H30ClF2N7O2/c1-18(32)29(41)40-13-12-39(14-20(40)8-10-34)28-22-9-11-38(17-24(22)35-30(36-28)42-21-15-37(2)16-21)25-5-3-4-19-6-7-23(33)27(31)26(19)25/h3-7,20-21H,1,8-9,11-17H2,2H3/t20-/m0/s1. The largest absolute Gasteiger partial charge is 0.457 e. The summed E-state index contributed by atoms with van der Waals surface area (Å²) in [6, 6.07) is 10.7. The third-order valence-electron chi connectivity index (χ3n) is 8.18. The summed E-state index contributed by atoms with van der Waals surface area (Å²) in [6.07, 6.45) is 0.619. The van der Waals surface area contributed by atoms with Gasteiger partial charge >= 0.3 is 6.01 Å². The van der Waals surface area contributed by atoms with Gasteiger partial charge in [-0.05, 0) is 31.0 Å². The van der Waals surface area contributed by atoms with Gasteiger partial charge in [0.15, 0.2) is 5.83 Å². The van der Waals surface area contributed by atoms with Gasteiger partial charge in [0.05, 0.1) is 35.8 Å². The van der Waals surface area contributed by atoms with E-state index < -0.39 is 23.6 Å². The lowest BCUT2D eigenvalue weighted by molar-refractivity contribution is -0.131. The van der Waals surface area contributed by atoms with Crippen molar-refractivity contribution in [3.63, 3.8) is 0 Å². The minimum atomic E-state index is -1.04. The second-order valence-electron chi connectivity index (χ2n) is 11.0. The maximum absolute atomic E-state index is 14.5. The number of anilines is 2. The van der Waals surface area contributed by atoms with Crippen LogP contribution in [0.2, 0.25) is 5.02 Å². The number of rotatable bonds is 6. The molecule has 12 heteroatoms. The molecule has 2 saturated heterocycles. The van der Waals surface area contributed by atoms with Crippen LogP contribution < -0.4 is 14.5 Å². The molecule has 42 heavy (non-hydrogen) atoms. The molecule has 0 saturated carbocycles.